The van der Waals surface area contributed by atoms with E-state index in [4.69, 9.17) is 4.74 Å². The number of benzene rings is 2. The molecule has 0 aliphatic rings. The standard InChI is InChI=1S/C26H36FN3O5S/c1-6-24(26(32)28-19(2)3)29(18-20-9-7-10-23(17-20)35-4)25(31)11-8-16-30(36(5,33)34)22-14-12-21(27)13-15-22/h7,9-10,12-15,17,19,24H,6,8,11,16,18H2,1-5H3,(H,28,32)/t24-/m0/s1. The van der Waals surface area contributed by atoms with Crippen LogP contribution in [0.4, 0.5) is 10.1 Å². The van der Waals surface area contributed by atoms with Crippen molar-refractivity contribution in [1.29, 1.82) is 0 Å². The second-order valence-electron chi connectivity index (χ2n) is 8.88. The van der Waals surface area contributed by atoms with Crippen molar-refractivity contribution in [2.75, 3.05) is 24.2 Å². The molecule has 10 heteroatoms. The van der Waals surface area contributed by atoms with Gasteiger partial charge in [0.2, 0.25) is 21.8 Å². The largest absolute Gasteiger partial charge is 0.497 e. The van der Waals surface area contributed by atoms with Gasteiger partial charge in [0.15, 0.2) is 0 Å². The van der Waals surface area contributed by atoms with Crippen LogP contribution in [0.2, 0.25) is 0 Å². The van der Waals surface area contributed by atoms with Gasteiger partial charge in [-0.1, -0.05) is 19.1 Å². The Morgan fingerprint density at radius 3 is 2.33 bits per heavy atom. The summed E-state index contributed by atoms with van der Waals surface area (Å²) < 4.78 is 44.4. The van der Waals surface area contributed by atoms with Crippen LogP contribution in [0, 0.1) is 5.82 Å². The first kappa shape index (κ1) is 29.1. The fourth-order valence-corrected chi connectivity index (χ4v) is 4.84. The smallest absolute Gasteiger partial charge is 0.243 e. The number of methoxy groups -OCH3 is 1. The van der Waals surface area contributed by atoms with Gasteiger partial charge >= 0.3 is 0 Å². The number of sulfonamides is 1. The Kier molecular flexibility index (Phi) is 10.7. The third kappa shape index (κ3) is 8.51. The van der Waals surface area contributed by atoms with Gasteiger partial charge in [-0.15, -0.1) is 0 Å². The first-order valence-electron chi connectivity index (χ1n) is 11.9. The van der Waals surface area contributed by atoms with Crippen molar-refractivity contribution in [3.8, 4) is 5.75 Å². The monoisotopic (exact) mass is 521 g/mol. The normalized spacial score (nSPS) is 12.2. The number of hydrogen-bond donors (Lipinski definition) is 1. The molecular weight excluding hydrogens is 485 g/mol. The van der Waals surface area contributed by atoms with Crippen molar-refractivity contribution in [2.45, 2.75) is 58.7 Å². The van der Waals surface area contributed by atoms with E-state index in [0.717, 1.165) is 16.1 Å². The lowest BCUT2D eigenvalue weighted by atomic mass is 10.1. The van der Waals surface area contributed by atoms with Gasteiger partial charge in [0.25, 0.3) is 0 Å². The lowest BCUT2D eigenvalue weighted by Crippen LogP contribution is -2.50. The molecule has 0 heterocycles. The summed E-state index contributed by atoms with van der Waals surface area (Å²) in [5.74, 6) is -0.340. The molecule has 8 nitrogen and oxygen atoms in total. The van der Waals surface area contributed by atoms with Gasteiger partial charge in [-0.3, -0.25) is 13.9 Å². The Bertz CT molecular complexity index is 1120. The average Bonchev–Trinajstić information content (AvgIpc) is 2.81. The number of halogens is 1. The van der Waals surface area contributed by atoms with E-state index in [1.807, 2.05) is 39.0 Å². The van der Waals surface area contributed by atoms with Gasteiger partial charge in [0.1, 0.15) is 17.6 Å². The minimum absolute atomic E-state index is 0.0304. The number of anilines is 1. The zero-order chi connectivity index (χ0) is 26.9. The molecule has 0 spiro atoms. The van der Waals surface area contributed by atoms with Crippen LogP contribution in [-0.4, -0.2) is 57.1 Å². The van der Waals surface area contributed by atoms with E-state index >= 15 is 0 Å². The van der Waals surface area contributed by atoms with Crippen LogP contribution in [0.5, 0.6) is 5.75 Å². The van der Waals surface area contributed by atoms with E-state index < -0.39 is 21.9 Å². The molecule has 1 N–H and O–H groups in total. The Morgan fingerprint density at radius 2 is 1.78 bits per heavy atom. The third-order valence-corrected chi connectivity index (χ3v) is 6.76. The highest BCUT2D eigenvalue weighted by atomic mass is 32.2. The zero-order valence-corrected chi connectivity index (χ0v) is 22.3. The second kappa shape index (κ2) is 13.2. The molecule has 0 unspecified atom stereocenters. The van der Waals surface area contributed by atoms with Crippen molar-refractivity contribution in [3.63, 3.8) is 0 Å². The van der Waals surface area contributed by atoms with Gasteiger partial charge < -0.3 is 15.0 Å². The quantitative estimate of drug-likeness (QED) is 0.434. The minimum Gasteiger partial charge on any atom is -0.497 e. The lowest BCUT2D eigenvalue weighted by molar-refractivity contribution is -0.141. The van der Waals surface area contributed by atoms with Crippen molar-refractivity contribution in [3.05, 3.63) is 59.9 Å². The molecule has 2 aromatic rings. The summed E-state index contributed by atoms with van der Waals surface area (Å²) in [7, 11) is -2.09. The SMILES string of the molecule is CC[C@@H](C(=O)NC(C)C)N(Cc1cccc(OC)c1)C(=O)CCCN(c1ccc(F)cc1)S(C)(=O)=O. The van der Waals surface area contributed by atoms with Crippen molar-refractivity contribution in [2.24, 2.45) is 0 Å². The third-order valence-electron chi connectivity index (χ3n) is 5.57. The van der Waals surface area contributed by atoms with Crippen molar-refractivity contribution in [1.82, 2.24) is 10.2 Å². The Labute approximate surface area is 213 Å². The van der Waals surface area contributed by atoms with Crippen LogP contribution in [-0.2, 0) is 26.2 Å². The summed E-state index contributed by atoms with van der Waals surface area (Å²) in [4.78, 5) is 27.9. The highest BCUT2D eigenvalue weighted by Crippen LogP contribution is 2.21. The Balaban J connectivity index is 2.23. The molecule has 0 aliphatic heterocycles. The van der Waals surface area contributed by atoms with Crippen molar-refractivity contribution >= 4 is 27.5 Å². The molecule has 0 saturated heterocycles. The number of nitrogens with one attached hydrogen (secondary N) is 1. The fraction of sp³-hybridized carbons (Fsp3) is 0.462. The summed E-state index contributed by atoms with van der Waals surface area (Å²) in [6.45, 7) is 5.80. The first-order chi connectivity index (χ1) is 17.0. The first-order valence-corrected chi connectivity index (χ1v) is 13.8. The molecule has 0 fully saturated rings. The number of carbonyl (C=O) groups excluding carboxylic acids is 2. The zero-order valence-electron chi connectivity index (χ0n) is 21.5. The van der Waals surface area contributed by atoms with E-state index in [1.165, 1.54) is 29.2 Å². The number of rotatable bonds is 13. The van der Waals surface area contributed by atoms with E-state index in [2.05, 4.69) is 5.32 Å². The van der Waals surface area contributed by atoms with E-state index in [0.29, 0.717) is 17.9 Å². The van der Waals surface area contributed by atoms with E-state index in [-0.39, 0.29) is 43.8 Å². The number of amides is 2. The van der Waals surface area contributed by atoms with Gasteiger partial charge in [-0.2, -0.15) is 0 Å². The predicted molar refractivity (Wildman–Crippen MR) is 139 cm³/mol. The summed E-state index contributed by atoms with van der Waals surface area (Å²) in [5.41, 5.74) is 1.13. The summed E-state index contributed by atoms with van der Waals surface area (Å²) >= 11 is 0. The summed E-state index contributed by atoms with van der Waals surface area (Å²) in [6, 6.07) is 11.7. The van der Waals surface area contributed by atoms with Gasteiger partial charge in [-0.25, -0.2) is 12.8 Å². The van der Waals surface area contributed by atoms with Gasteiger partial charge in [0, 0.05) is 25.6 Å². The van der Waals surface area contributed by atoms with Crippen LogP contribution < -0.4 is 14.4 Å². The topological polar surface area (TPSA) is 96.0 Å². The summed E-state index contributed by atoms with van der Waals surface area (Å²) in [6.07, 6.45) is 1.73. The number of nitrogens with zero attached hydrogens (tertiary/aromatic N) is 2. The van der Waals surface area contributed by atoms with E-state index in [9.17, 15) is 22.4 Å². The molecule has 0 radical (unpaired) electrons. The number of hydrogen-bond acceptors (Lipinski definition) is 5. The molecular formula is C26H36FN3O5S. The molecule has 0 saturated carbocycles. The van der Waals surface area contributed by atoms with Gasteiger partial charge in [-0.05, 0) is 68.7 Å². The molecule has 198 valence electrons. The predicted octanol–water partition coefficient (Wildman–Crippen LogP) is 3.71. The lowest BCUT2D eigenvalue weighted by Gasteiger charge is -2.31. The van der Waals surface area contributed by atoms with E-state index in [1.54, 1.807) is 13.2 Å². The minimum atomic E-state index is -3.65. The van der Waals surface area contributed by atoms with Crippen LogP contribution in [0.15, 0.2) is 48.5 Å². The second-order valence-corrected chi connectivity index (χ2v) is 10.8. The highest BCUT2D eigenvalue weighted by Gasteiger charge is 2.29. The van der Waals surface area contributed by atoms with Crippen LogP contribution in [0.3, 0.4) is 0 Å². The number of ether oxygens (including phenoxy) is 1. The molecule has 2 aromatic carbocycles. The van der Waals surface area contributed by atoms with Crippen LogP contribution in [0.25, 0.3) is 0 Å². The highest BCUT2D eigenvalue weighted by molar-refractivity contribution is 7.92. The van der Waals surface area contributed by atoms with Crippen LogP contribution >= 0.6 is 0 Å². The molecule has 1 atom stereocenters. The van der Waals surface area contributed by atoms with Gasteiger partial charge in [0.05, 0.1) is 19.1 Å². The van der Waals surface area contributed by atoms with Crippen LogP contribution in [0.1, 0.15) is 45.6 Å². The molecule has 0 bridgehead atoms. The maximum Gasteiger partial charge on any atom is 0.243 e. The Morgan fingerprint density at radius 1 is 1.11 bits per heavy atom. The summed E-state index contributed by atoms with van der Waals surface area (Å²) in [5, 5.41) is 2.88. The number of carbonyl (C=O) groups is 2. The molecule has 2 amide bonds. The Hall–Kier alpha value is -3.14. The molecule has 2 rings (SSSR count). The maximum atomic E-state index is 13.4. The maximum absolute atomic E-state index is 13.4. The van der Waals surface area contributed by atoms with Crippen molar-refractivity contribution < 1.29 is 27.1 Å². The molecule has 0 aliphatic carbocycles. The average molecular weight is 522 g/mol. The molecule has 0 aromatic heterocycles. The fourth-order valence-electron chi connectivity index (χ4n) is 3.88. The molecule has 36 heavy (non-hydrogen) atoms.